The number of piperidine rings is 1. The van der Waals surface area contributed by atoms with Crippen molar-refractivity contribution in [2.45, 2.75) is 38.0 Å². The maximum Gasteiger partial charge on any atom is 0.275 e. The molecule has 3 N–H and O–H groups in total. The van der Waals surface area contributed by atoms with E-state index in [1.54, 1.807) is 12.3 Å². The van der Waals surface area contributed by atoms with Crippen molar-refractivity contribution < 1.29 is 9.18 Å². The molecule has 0 unspecified atom stereocenters. The molecule has 0 bridgehead atoms. The first-order chi connectivity index (χ1) is 14.9. The molecule has 0 radical (unpaired) electrons. The molecule has 0 saturated carbocycles. The van der Waals surface area contributed by atoms with E-state index in [-0.39, 0.29) is 23.2 Å². The van der Waals surface area contributed by atoms with Crippen molar-refractivity contribution in [2.24, 2.45) is 0 Å². The number of likely N-dealkylation sites (tertiary alicyclic amines) is 1. The van der Waals surface area contributed by atoms with Gasteiger partial charge in [0.25, 0.3) is 5.56 Å². The predicted octanol–water partition coefficient (Wildman–Crippen LogP) is 1.74. The Morgan fingerprint density at radius 2 is 2.13 bits per heavy atom. The van der Waals surface area contributed by atoms with Crippen LogP contribution in [0, 0.1) is 17.1 Å². The first-order valence-corrected chi connectivity index (χ1v) is 10.1. The van der Waals surface area contributed by atoms with Crippen LogP contribution < -0.4 is 11.3 Å². The largest absolute Gasteiger partial charge is 0.383 e. The second kappa shape index (κ2) is 8.55. The van der Waals surface area contributed by atoms with Crippen molar-refractivity contribution in [1.29, 1.82) is 5.26 Å². The van der Waals surface area contributed by atoms with E-state index in [4.69, 9.17) is 11.0 Å². The number of anilines is 1. The summed E-state index contributed by atoms with van der Waals surface area (Å²) in [6.07, 6.45) is 5.75. The standard InChI is InChI=1S/C21H22FN7O2/c22-16-9-17-21(31)26-18(27-29(17)12-16)2-1-3-19(30)28-6-4-13(5-7-28)15-8-14(10-23)20(24)25-11-15/h8-9,11-13H,1-7H2,(H2,24,25)(H,26,27,31). The molecule has 1 aliphatic heterocycles. The molecule has 160 valence electrons. The molecule has 0 spiro atoms. The Labute approximate surface area is 177 Å². The summed E-state index contributed by atoms with van der Waals surface area (Å²) in [6.45, 7) is 1.28. The molecule has 0 atom stereocenters. The van der Waals surface area contributed by atoms with E-state index in [1.165, 1.54) is 4.52 Å². The first kappa shape index (κ1) is 20.5. The van der Waals surface area contributed by atoms with E-state index in [0.29, 0.717) is 43.7 Å². The van der Waals surface area contributed by atoms with Gasteiger partial charge in [-0.3, -0.25) is 9.59 Å². The second-order valence-electron chi connectivity index (χ2n) is 7.71. The lowest BCUT2D eigenvalue weighted by Crippen LogP contribution is -2.37. The molecule has 3 aromatic heterocycles. The van der Waals surface area contributed by atoms with Crippen LogP contribution in [0.4, 0.5) is 10.2 Å². The number of aromatic nitrogens is 4. The van der Waals surface area contributed by atoms with Crippen LogP contribution in [0.5, 0.6) is 0 Å². The number of halogens is 1. The summed E-state index contributed by atoms with van der Waals surface area (Å²) in [4.78, 5) is 33.1. The van der Waals surface area contributed by atoms with E-state index in [0.717, 1.165) is 30.7 Å². The third-order valence-electron chi connectivity index (χ3n) is 5.67. The number of rotatable bonds is 5. The minimum Gasteiger partial charge on any atom is -0.383 e. The zero-order valence-electron chi connectivity index (χ0n) is 16.8. The Morgan fingerprint density at radius 3 is 2.87 bits per heavy atom. The third-order valence-corrected chi connectivity index (χ3v) is 5.67. The summed E-state index contributed by atoms with van der Waals surface area (Å²) in [7, 11) is 0. The molecule has 1 aliphatic rings. The van der Waals surface area contributed by atoms with Gasteiger partial charge in [-0.2, -0.15) is 10.4 Å². The number of aryl methyl sites for hydroxylation is 1. The fourth-order valence-corrected chi connectivity index (χ4v) is 3.97. The van der Waals surface area contributed by atoms with Gasteiger partial charge in [0.05, 0.1) is 11.8 Å². The van der Waals surface area contributed by atoms with Crippen molar-refractivity contribution in [3.8, 4) is 6.07 Å². The summed E-state index contributed by atoms with van der Waals surface area (Å²) >= 11 is 0. The Morgan fingerprint density at radius 1 is 1.35 bits per heavy atom. The number of nitriles is 1. The molecule has 1 saturated heterocycles. The van der Waals surface area contributed by atoms with Gasteiger partial charge in [-0.05, 0) is 36.8 Å². The highest BCUT2D eigenvalue weighted by atomic mass is 19.1. The number of hydrogen-bond acceptors (Lipinski definition) is 6. The number of carbonyl (C=O) groups is 1. The minimum atomic E-state index is -0.521. The number of fused-ring (bicyclic) bond motifs is 1. The maximum atomic E-state index is 13.3. The van der Waals surface area contributed by atoms with Gasteiger partial charge in [0.15, 0.2) is 0 Å². The van der Waals surface area contributed by atoms with E-state index in [9.17, 15) is 14.0 Å². The fraction of sp³-hybridized carbons (Fsp3) is 0.381. The molecular weight excluding hydrogens is 401 g/mol. The number of hydrogen-bond donors (Lipinski definition) is 2. The van der Waals surface area contributed by atoms with Gasteiger partial charge in [0.2, 0.25) is 5.91 Å². The molecule has 9 nitrogen and oxygen atoms in total. The number of pyridine rings is 1. The number of aromatic amines is 1. The highest BCUT2D eigenvalue weighted by Gasteiger charge is 2.24. The molecule has 4 heterocycles. The molecule has 1 fully saturated rings. The zero-order chi connectivity index (χ0) is 22.0. The van der Waals surface area contributed by atoms with Crippen LogP contribution >= 0.6 is 0 Å². The molecule has 3 aromatic rings. The summed E-state index contributed by atoms with van der Waals surface area (Å²) in [6, 6.07) is 4.97. The van der Waals surface area contributed by atoms with Crippen LogP contribution in [0.25, 0.3) is 5.52 Å². The topological polar surface area (TPSA) is 133 Å². The lowest BCUT2D eigenvalue weighted by atomic mass is 9.89. The van der Waals surface area contributed by atoms with E-state index < -0.39 is 11.4 Å². The molecule has 1 amide bonds. The molecular formula is C21H22FN7O2. The number of nitrogen functional groups attached to an aromatic ring is 1. The quantitative estimate of drug-likeness (QED) is 0.642. The zero-order valence-corrected chi connectivity index (χ0v) is 16.8. The molecule has 31 heavy (non-hydrogen) atoms. The van der Waals surface area contributed by atoms with Crippen LogP contribution in [0.15, 0.2) is 29.3 Å². The average Bonchev–Trinajstić information content (AvgIpc) is 3.15. The SMILES string of the molecule is N#Cc1cc(C2CCN(C(=O)CCCc3nn4cc(F)cc4c(=O)[nH]3)CC2)cnc1N. The first-order valence-electron chi connectivity index (χ1n) is 10.1. The fourth-order valence-electron chi connectivity index (χ4n) is 3.97. The second-order valence-corrected chi connectivity index (χ2v) is 7.71. The number of nitrogens with one attached hydrogen (secondary N) is 1. The Kier molecular flexibility index (Phi) is 5.66. The van der Waals surface area contributed by atoms with E-state index in [1.807, 2.05) is 4.90 Å². The number of nitrogens with two attached hydrogens (primary N) is 1. The van der Waals surface area contributed by atoms with Crippen LogP contribution in [0.3, 0.4) is 0 Å². The van der Waals surface area contributed by atoms with Crippen LogP contribution in [0.2, 0.25) is 0 Å². The van der Waals surface area contributed by atoms with Crippen molar-refractivity contribution in [3.05, 3.63) is 57.6 Å². The lowest BCUT2D eigenvalue weighted by molar-refractivity contribution is -0.132. The molecule has 4 rings (SSSR count). The van der Waals surface area contributed by atoms with Gasteiger partial charge >= 0.3 is 0 Å². The van der Waals surface area contributed by atoms with Gasteiger partial charge < -0.3 is 15.6 Å². The molecule has 0 aromatic carbocycles. The van der Waals surface area contributed by atoms with Gasteiger partial charge in [-0.25, -0.2) is 13.9 Å². The van der Waals surface area contributed by atoms with Gasteiger partial charge in [0, 0.05) is 38.2 Å². The van der Waals surface area contributed by atoms with Crippen LogP contribution in [0.1, 0.15) is 48.6 Å². The van der Waals surface area contributed by atoms with Crippen LogP contribution in [-0.2, 0) is 11.2 Å². The Bertz CT molecular complexity index is 1220. The molecule has 10 heteroatoms. The maximum absolute atomic E-state index is 13.3. The van der Waals surface area contributed by atoms with Gasteiger partial charge in [-0.15, -0.1) is 0 Å². The highest BCUT2D eigenvalue weighted by Crippen LogP contribution is 2.29. The average molecular weight is 423 g/mol. The summed E-state index contributed by atoms with van der Waals surface area (Å²) < 4.78 is 14.5. The lowest BCUT2D eigenvalue weighted by Gasteiger charge is -2.32. The van der Waals surface area contributed by atoms with Crippen LogP contribution in [-0.4, -0.2) is 43.5 Å². The number of H-pyrrole nitrogens is 1. The van der Waals surface area contributed by atoms with Gasteiger partial charge in [0.1, 0.15) is 29.0 Å². The smallest absolute Gasteiger partial charge is 0.275 e. The Hall–Kier alpha value is -3.74. The minimum absolute atomic E-state index is 0.0574. The summed E-state index contributed by atoms with van der Waals surface area (Å²) in [5.74, 6) is 0.432. The van der Waals surface area contributed by atoms with Crippen molar-refractivity contribution >= 4 is 17.2 Å². The van der Waals surface area contributed by atoms with Crippen molar-refractivity contribution in [1.82, 2.24) is 24.5 Å². The van der Waals surface area contributed by atoms with E-state index in [2.05, 4.69) is 21.1 Å². The van der Waals surface area contributed by atoms with Crippen molar-refractivity contribution in [2.75, 3.05) is 18.8 Å². The van der Waals surface area contributed by atoms with E-state index >= 15 is 0 Å². The van der Waals surface area contributed by atoms with Gasteiger partial charge in [-0.1, -0.05) is 0 Å². The predicted molar refractivity (Wildman–Crippen MR) is 111 cm³/mol. The monoisotopic (exact) mass is 423 g/mol. The number of carbonyl (C=O) groups excluding carboxylic acids is 1. The Balaban J connectivity index is 1.29. The third kappa shape index (κ3) is 4.40. The van der Waals surface area contributed by atoms with Crippen molar-refractivity contribution in [3.63, 3.8) is 0 Å². The summed E-state index contributed by atoms with van der Waals surface area (Å²) in [5.41, 5.74) is 6.79. The highest BCUT2D eigenvalue weighted by molar-refractivity contribution is 5.76. The number of nitrogens with zero attached hydrogens (tertiary/aromatic N) is 5. The number of amides is 1. The summed E-state index contributed by atoms with van der Waals surface area (Å²) in [5, 5.41) is 13.3. The normalized spacial score (nSPS) is 14.6. The molecule has 0 aliphatic carbocycles.